The molecular weight excluding hydrogens is 410 g/mol. The number of hydrogen-bond donors (Lipinski definition) is 1. The Hall–Kier alpha value is -2.34. The van der Waals surface area contributed by atoms with E-state index in [9.17, 15) is 9.59 Å². The highest BCUT2D eigenvalue weighted by molar-refractivity contribution is 9.10. The van der Waals surface area contributed by atoms with Crippen molar-refractivity contribution in [1.82, 2.24) is 5.32 Å². The van der Waals surface area contributed by atoms with Gasteiger partial charge in [-0.3, -0.25) is 4.79 Å². The van der Waals surface area contributed by atoms with E-state index in [-0.39, 0.29) is 13.0 Å². The van der Waals surface area contributed by atoms with E-state index in [0.717, 1.165) is 15.6 Å². The first kappa shape index (κ1) is 21.0. The van der Waals surface area contributed by atoms with Gasteiger partial charge in [-0.25, -0.2) is 4.79 Å². The van der Waals surface area contributed by atoms with Crippen LogP contribution in [0.25, 0.3) is 0 Å². The molecule has 0 spiro atoms. The van der Waals surface area contributed by atoms with Crippen LogP contribution in [0.1, 0.15) is 44.4 Å². The zero-order valence-electron chi connectivity index (χ0n) is 15.7. The minimum atomic E-state index is -0.623. The molecule has 0 radical (unpaired) electrons. The molecule has 0 saturated heterocycles. The topological polar surface area (TPSA) is 64.6 Å². The molecule has 0 saturated carbocycles. The molecule has 0 aliphatic heterocycles. The van der Waals surface area contributed by atoms with Gasteiger partial charge < -0.3 is 14.8 Å². The molecule has 0 unspecified atom stereocenters. The lowest BCUT2D eigenvalue weighted by molar-refractivity contribution is -0.145. The van der Waals surface area contributed by atoms with E-state index in [0.29, 0.717) is 0 Å². The number of esters is 1. The average molecular weight is 434 g/mol. The normalized spacial score (nSPS) is 12.1. The highest BCUT2D eigenvalue weighted by Gasteiger charge is 2.23. The van der Waals surface area contributed by atoms with Gasteiger partial charge in [-0.1, -0.05) is 58.4 Å². The summed E-state index contributed by atoms with van der Waals surface area (Å²) in [4.78, 5) is 24.5. The van der Waals surface area contributed by atoms with E-state index in [1.165, 1.54) is 0 Å². The van der Waals surface area contributed by atoms with Crippen LogP contribution in [0.15, 0.2) is 59.1 Å². The maximum absolute atomic E-state index is 12.3. The second-order valence-corrected chi connectivity index (χ2v) is 8.02. The van der Waals surface area contributed by atoms with Gasteiger partial charge in [0.1, 0.15) is 12.2 Å². The molecule has 27 heavy (non-hydrogen) atoms. The minimum absolute atomic E-state index is 0.00765. The molecule has 1 atom stereocenters. The zero-order chi connectivity index (χ0) is 19.9. The Morgan fingerprint density at radius 1 is 1.04 bits per heavy atom. The Morgan fingerprint density at radius 2 is 1.67 bits per heavy atom. The number of nitrogens with one attached hydrogen (secondary N) is 1. The Labute approximate surface area is 168 Å². The Morgan fingerprint density at radius 3 is 2.26 bits per heavy atom. The molecule has 0 fully saturated rings. The minimum Gasteiger partial charge on any atom is -0.461 e. The summed E-state index contributed by atoms with van der Waals surface area (Å²) in [6, 6.07) is 16.3. The Bertz CT molecular complexity index is 754. The molecule has 2 aromatic carbocycles. The summed E-state index contributed by atoms with van der Waals surface area (Å²) in [6.45, 7) is 5.55. The molecule has 0 aliphatic rings. The van der Waals surface area contributed by atoms with Crippen LogP contribution in [0, 0.1) is 0 Å². The molecular formula is C21H24BrNO4. The number of amides is 1. The third-order valence-corrected chi connectivity index (χ3v) is 4.11. The third kappa shape index (κ3) is 7.83. The van der Waals surface area contributed by atoms with E-state index in [4.69, 9.17) is 9.47 Å². The first-order valence-corrected chi connectivity index (χ1v) is 9.47. The van der Waals surface area contributed by atoms with Crippen LogP contribution < -0.4 is 5.32 Å². The summed E-state index contributed by atoms with van der Waals surface area (Å²) < 4.78 is 11.6. The monoisotopic (exact) mass is 433 g/mol. The first-order valence-electron chi connectivity index (χ1n) is 8.67. The van der Waals surface area contributed by atoms with Crippen molar-refractivity contribution in [2.24, 2.45) is 0 Å². The van der Waals surface area contributed by atoms with Gasteiger partial charge in [0, 0.05) is 4.47 Å². The van der Waals surface area contributed by atoms with Crippen molar-refractivity contribution >= 4 is 28.0 Å². The van der Waals surface area contributed by atoms with Gasteiger partial charge in [-0.15, -0.1) is 0 Å². The van der Waals surface area contributed by atoms with Crippen molar-refractivity contribution in [3.63, 3.8) is 0 Å². The molecule has 0 aromatic heterocycles. The van der Waals surface area contributed by atoms with Crippen molar-refractivity contribution in [2.45, 2.75) is 45.4 Å². The second-order valence-electron chi connectivity index (χ2n) is 7.10. The maximum Gasteiger partial charge on any atom is 0.408 e. The van der Waals surface area contributed by atoms with Gasteiger partial charge in [0.05, 0.1) is 12.5 Å². The SMILES string of the molecule is CC(C)(C)OC(=O)N[C@H](CC(=O)OCc1ccccc1)c1ccc(Br)cc1. The quantitative estimate of drug-likeness (QED) is 0.639. The standard InChI is InChI=1S/C21H24BrNO4/c1-21(2,3)27-20(25)23-18(16-9-11-17(22)12-10-16)13-19(24)26-14-15-7-5-4-6-8-15/h4-12,18H,13-14H2,1-3H3,(H,23,25)/t18-/m1/s1. The van der Waals surface area contributed by atoms with Crippen molar-refractivity contribution in [2.75, 3.05) is 0 Å². The molecule has 0 bridgehead atoms. The average Bonchev–Trinajstić information content (AvgIpc) is 2.59. The lowest BCUT2D eigenvalue weighted by atomic mass is 10.0. The molecule has 2 rings (SSSR count). The molecule has 1 N–H and O–H groups in total. The number of rotatable bonds is 6. The summed E-state index contributed by atoms with van der Waals surface area (Å²) in [6.07, 6.45) is -0.570. The van der Waals surface area contributed by atoms with E-state index >= 15 is 0 Å². The molecule has 2 aromatic rings. The molecule has 1 amide bonds. The fourth-order valence-electron chi connectivity index (χ4n) is 2.36. The van der Waals surface area contributed by atoms with Crippen molar-refractivity contribution in [3.05, 3.63) is 70.2 Å². The van der Waals surface area contributed by atoms with Gasteiger partial charge in [0.2, 0.25) is 0 Å². The van der Waals surface area contributed by atoms with Crippen LogP contribution in [0.4, 0.5) is 4.79 Å². The maximum atomic E-state index is 12.3. The Kier molecular flexibility index (Phi) is 7.42. The van der Waals surface area contributed by atoms with Crippen molar-refractivity contribution in [3.8, 4) is 0 Å². The summed E-state index contributed by atoms with van der Waals surface area (Å²) in [5.74, 6) is -0.400. The summed E-state index contributed by atoms with van der Waals surface area (Å²) in [7, 11) is 0. The third-order valence-electron chi connectivity index (χ3n) is 3.58. The number of hydrogen-bond acceptors (Lipinski definition) is 4. The first-order chi connectivity index (χ1) is 12.7. The summed E-state index contributed by atoms with van der Waals surface area (Å²) >= 11 is 3.38. The Balaban J connectivity index is 2.03. The van der Waals surface area contributed by atoms with Crippen LogP contribution in [0.2, 0.25) is 0 Å². The van der Waals surface area contributed by atoms with Crippen molar-refractivity contribution < 1.29 is 19.1 Å². The van der Waals surface area contributed by atoms with E-state index in [1.54, 1.807) is 20.8 Å². The van der Waals surface area contributed by atoms with Gasteiger partial charge in [-0.2, -0.15) is 0 Å². The van der Waals surface area contributed by atoms with E-state index < -0.39 is 23.7 Å². The largest absolute Gasteiger partial charge is 0.461 e. The van der Waals surface area contributed by atoms with Crippen molar-refractivity contribution in [1.29, 1.82) is 0 Å². The number of carbonyl (C=O) groups is 2. The number of alkyl carbamates (subject to hydrolysis) is 1. The number of halogens is 1. The number of carbonyl (C=O) groups excluding carboxylic acids is 2. The fourth-order valence-corrected chi connectivity index (χ4v) is 2.63. The molecule has 144 valence electrons. The smallest absolute Gasteiger partial charge is 0.408 e. The number of ether oxygens (including phenoxy) is 2. The lowest BCUT2D eigenvalue weighted by Gasteiger charge is -2.23. The van der Waals surface area contributed by atoms with E-state index in [2.05, 4.69) is 21.2 Å². The zero-order valence-corrected chi connectivity index (χ0v) is 17.3. The second kappa shape index (κ2) is 9.55. The highest BCUT2D eigenvalue weighted by Crippen LogP contribution is 2.21. The molecule has 0 heterocycles. The van der Waals surface area contributed by atoms with Crippen LogP contribution in [-0.4, -0.2) is 17.7 Å². The fraction of sp³-hybridized carbons (Fsp3) is 0.333. The van der Waals surface area contributed by atoms with Gasteiger partial charge in [0.25, 0.3) is 0 Å². The van der Waals surface area contributed by atoms with Crippen LogP contribution >= 0.6 is 15.9 Å². The predicted octanol–water partition coefficient (Wildman–Crippen LogP) is 5.15. The van der Waals surface area contributed by atoms with Crippen LogP contribution in [0.3, 0.4) is 0 Å². The van der Waals surface area contributed by atoms with Crippen LogP contribution in [-0.2, 0) is 20.9 Å². The van der Waals surface area contributed by atoms with Gasteiger partial charge >= 0.3 is 12.1 Å². The molecule has 0 aliphatic carbocycles. The lowest BCUT2D eigenvalue weighted by Crippen LogP contribution is -2.36. The highest BCUT2D eigenvalue weighted by atomic mass is 79.9. The predicted molar refractivity (Wildman–Crippen MR) is 107 cm³/mol. The van der Waals surface area contributed by atoms with Crippen LogP contribution in [0.5, 0.6) is 0 Å². The van der Waals surface area contributed by atoms with Gasteiger partial charge in [-0.05, 0) is 44.0 Å². The van der Waals surface area contributed by atoms with Gasteiger partial charge in [0.15, 0.2) is 0 Å². The molecule has 6 heteroatoms. The number of benzene rings is 2. The molecule has 5 nitrogen and oxygen atoms in total. The van der Waals surface area contributed by atoms with E-state index in [1.807, 2.05) is 54.6 Å². The summed E-state index contributed by atoms with van der Waals surface area (Å²) in [5.41, 5.74) is 1.08. The summed E-state index contributed by atoms with van der Waals surface area (Å²) in [5, 5.41) is 2.76.